The third-order valence-corrected chi connectivity index (χ3v) is 4.25. The van der Waals surface area contributed by atoms with Crippen molar-refractivity contribution in [3.8, 4) is 0 Å². The van der Waals surface area contributed by atoms with Crippen LogP contribution in [0.1, 0.15) is 23.6 Å². The number of rotatable bonds is 5. The van der Waals surface area contributed by atoms with Crippen LogP contribution in [-0.2, 0) is 9.53 Å². The lowest BCUT2D eigenvalue weighted by Crippen LogP contribution is -2.39. The summed E-state index contributed by atoms with van der Waals surface area (Å²) in [6.07, 6.45) is 4.11. The van der Waals surface area contributed by atoms with Gasteiger partial charge in [0.1, 0.15) is 6.04 Å². The molecule has 1 atom stereocenters. The van der Waals surface area contributed by atoms with Crippen LogP contribution in [0.5, 0.6) is 0 Å². The molecular formula is C12H20N4O2S. The quantitative estimate of drug-likeness (QED) is 0.733. The van der Waals surface area contributed by atoms with Crippen molar-refractivity contribution < 1.29 is 9.53 Å². The van der Waals surface area contributed by atoms with Gasteiger partial charge in [0.05, 0.1) is 6.61 Å². The summed E-state index contributed by atoms with van der Waals surface area (Å²) < 4.78 is 4.85. The van der Waals surface area contributed by atoms with Gasteiger partial charge in [0.2, 0.25) is 5.91 Å². The summed E-state index contributed by atoms with van der Waals surface area (Å²) in [5.74, 6) is 0.296. The van der Waals surface area contributed by atoms with Gasteiger partial charge in [-0.15, -0.1) is 11.3 Å². The van der Waals surface area contributed by atoms with Crippen molar-refractivity contribution in [2.24, 2.45) is 5.73 Å². The van der Waals surface area contributed by atoms with Crippen molar-refractivity contribution in [1.82, 2.24) is 10.3 Å². The minimum atomic E-state index is -0.656. The summed E-state index contributed by atoms with van der Waals surface area (Å²) in [7, 11) is 1.52. The van der Waals surface area contributed by atoms with Gasteiger partial charge in [0.25, 0.3) is 0 Å². The predicted molar refractivity (Wildman–Crippen MR) is 75.4 cm³/mol. The number of thiazole rings is 1. The number of aromatic nitrogens is 1. The minimum absolute atomic E-state index is 0.207. The van der Waals surface area contributed by atoms with E-state index >= 15 is 0 Å². The van der Waals surface area contributed by atoms with E-state index in [1.807, 2.05) is 6.20 Å². The van der Waals surface area contributed by atoms with E-state index in [9.17, 15) is 4.79 Å². The van der Waals surface area contributed by atoms with E-state index in [4.69, 9.17) is 10.5 Å². The Morgan fingerprint density at radius 1 is 1.68 bits per heavy atom. The second-order valence-electron chi connectivity index (χ2n) is 4.64. The van der Waals surface area contributed by atoms with Crippen molar-refractivity contribution >= 4 is 22.4 Å². The van der Waals surface area contributed by atoms with Crippen LogP contribution >= 0.6 is 11.3 Å². The average molecular weight is 284 g/mol. The Hall–Kier alpha value is -1.02. The maximum atomic E-state index is 11.7. The van der Waals surface area contributed by atoms with Gasteiger partial charge in [0, 0.05) is 18.2 Å². The van der Waals surface area contributed by atoms with Gasteiger partial charge in [-0.2, -0.15) is 0 Å². The molecule has 0 saturated carbocycles. The highest BCUT2D eigenvalue weighted by molar-refractivity contribution is 7.15. The molecule has 2 heterocycles. The molecular weight excluding hydrogens is 264 g/mol. The predicted octanol–water partition coefficient (Wildman–Crippen LogP) is 0.522. The zero-order valence-electron chi connectivity index (χ0n) is 11.0. The number of carbonyl (C=O) groups excluding carboxylic acids is 1. The number of anilines is 1. The molecule has 4 N–H and O–H groups in total. The standard InChI is InChI=1S/C12H20N4O2S/c1-18-7-9(13)11(17)16-12-15-6-10(19-12)8-2-4-14-5-3-8/h6,8-9,14H,2-5,7,13H2,1H3,(H,15,16,17). The molecule has 1 aromatic heterocycles. The molecule has 1 aromatic rings. The molecule has 19 heavy (non-hydrogen) atoms. The number of piperidine rings is 1. The molecule has 1 aliphatic heterocycles. The Bertz CT molecular complexity index is 418. The molecule has 1 saturated heterocycles. The lowest BCUT2D eigenvalue weighted by Gasteiger charge is -2.20. The smallest absolute Gasteiger partial charge is 0.245 e. The fourth-order valence-corrected chi connectivity index (χ4v) is 3.08. The zero-order valence-corrected chi connectivity index (χ0v) is 11.8. The number of amides is 1. The molecule has 1 amide bonds. The molecule has 1 unspecified atom stereocenters. The van der Waals surface area contributed by atoms with Crippen molar-refractivity contribution in [3.63, 3.8) is 0 Å². The molecule has 0 radical (unpaired) electrons. The summed E-state index contributed by atoms with van der Waals surface area (Å²) in [5.41, 5.74) is 5.66. The van der Waals surface area contributed by atoms with Crippen LogP contribution in [0.3, 0.4) is 0 Å². The van der Waals surface area contributed by atoms with E-state index in [2.05, 4.69) is 15.6 Å². The maximum Gasteiger partial charge on any atom is 0.245 e. The number of ether oxygens (including phenoxy) is 1. The van der Waals surface area contributed by atoms with Gasteiger partial charge in [-0.25, -0.2) is 4.98 Å². The Morgan fingerprint density at radius 2 is 2.42 bits per heavy atom. The van der Waals surface area contributed by atoms with Gasteiger partial charge >= 0.3 is 0 Å². The van der Waals surface area contributed by atoms with Crippen LogP contribution < -0.4 is 16.4 Å². The third-order valence-electron chi connectivity index (χ3n) is 3.18. The summed E-state index contributed by atoms with van der Waals surface area (Å²) in [4.78, 5) is 17.2. The largest absolute Gasteiger partial charge is 0.383 e. The number of hydrogen-bond acceptors (Lipinski definition) is 6. The lowest BCUT2D eigenvalue weighted by atomic mass is 9.97. The van der Waals surface area contributed by atoms with Gasteiger partial charge in [-0.05, 0) is 31.8 Å². The summed E-state index contributed by atoms with van der Waals surface area (Å²) in [6, 6.07) is -0.656. The average Bonchev–Trinajstić information content (AvgIpc) is 2.88. The van der Waals surface area contributed by atoms with E-state index in [1.165, 1.54) is 23.3 Å². The second-order valence-corrected chi connectivity index (χ2v) is 5.71. The van der Waals surface area contributed by atoms with E-state index < -0.39 is 6.04 Å². The highest BCUT2D eigenvalue weighted by Crippen LogP contribution is 2.31. The van der Waals surface area contributed by atoms with Crippen LogP contribution in [0.15, 0.2) is 6.20 Å². The van der Waals surface area contributed by atoms with Crippen molar-refractivity contribution in [3.05, 3.63) is 11.1 Å². The highest BCUT2D eigenvalue weighted by atomic mass is 32.1. The first-order valence-corrected chi connectivity index (χ1v) is 7.24. The zero-order chi connectivity index (χ0) is 13.7. The molecule has 0 bridgehead atoms. The number of nitrogens with two attached hydrogens (primary N) is 1. The van der Waals surface area contributed by atoms with Crippen LogP contribution in [-0.4, -0.2) is 43.7 Å². The SMILES string of the molecule is COCC(N)C(=O)Nc1ncc(C2CCNCC2)s1. The normalized spacial score (nSPS) is 18.2. The molecule has 7 heteroatoms. The van der Waals surface area contributed by atoms with Gasteiger partial charge in [-0.3, -0.25) is 4.79 Å². The number of nitrogens with one attached hydrogen (secondary N) is 2. The van der Waals surface area contributed by atoms with Gasteiger partial charge in [0.15, 0.2) is 5.13 Å². The van der Waals surface area contributed by atoms with Crippen molar-refractivity contribution in [2.75, 3.05) is 32.1 Å². The van der Waals surface area contributed by atoms with Crippen molar-refractivity contribution in [2.45, 2.75) is 24.8 Å². The summed E-state index contributed by atoms with van der Waals surface area (Å²) >= 11 is 1.54. The lowest BCUT2D eigenvalue weighted by molar-refractivity contribution is -0.118. The Labute approximate surface area is 116 Å². The monoisotopic (exact) mass is 284 g/mol. The van der Waals surface area contributed by atoms with E-state index in [1.54, 1.807) is 0 Å². The van der Waals surface area contributed by atoms with E-state index in [0.29, 0.717) is 11.0 Å². The summed E-state index contributed by atoms with van der Waals surface area (Å²) in [6.45, 7) is 2.30. The maximum absolute atomic E-state index is 11.7. The van der Waals surface area contributed by atoms with Crippen LogP contribution in [0, 0.1) is 0 Å². The van der Waals surface area contributed by atoms with E-state index in [0.717, 1.165) is 25.9 Å². The number of hydrogen-bond donors (Lipinski definition) is 3. The first-order valence-electron chi connectivity index (χ1n) is 6.42. The van der Waals surface area contributed by atoms with Gasteiger partial charge in [-0.1, -0.05) is 0 Å². The molecule has 6 nitrogen and oxygen atoms in total. The second kappa shape index (κ2) is 6.95. The molecule has 0 aromatic carbocycles. The third kappa shape index (κ3) is 3.97. The topological polar surface area (TPSA) is 89.3 Å². The molecule has 0 aliphatic carbocycles. The van der Waals surface area contributed by atoms with Crippen LogP contribution in [0.2, 0.25) is 0 Å². The number of nitrogens with zero attached hydrogens (tertiary/aromatic N) is 1. The van der Waals surface area contributed by atoms with Gasteiger partial charge < -0.3 is 21.1 Å². The summed E-state index contributed by atoms with van der Waals surface area (Å²) in [5, 5.41) is 6.69. The molecule has 1 aliphatic rings. The molecule has 106 valence electrons. The molecule has 1 fully saturated rings. The highest BCUT2D eigenvalue weighted by Gasteiger charge is 2.19. The fourth-order valence-electron chi connectivity index (χ4n) is 2.09. The Morgan fingerprint density at radius 3 is 3.11 bits per heavy atom. The molecule has 0 spiro atoms. The first-order chi connectivity index (χ1) is 9.20. The van der Waals surface area contributed by atoms with Crippen molar-refractivity contribution in [1.29, 1.82) is 0 Å². The Balaban J connectivity index is 1.91. The minimum Gasteiger partial charge on any atom is -0.383 e. The van der Waals surface area contributed by atoms with E-state index in [-0.39, 0.29) is 12.5 Å². The van der Waals surface area contributed by atoms with Crippen LogP contribution in [0.25, 0.3) is 0 Å². The fraction of sp³-hybridized carbons (Fsp3) is 0.667. The molecule has 2 rings (SSSR count). The number of carbonyl (C=O) groups is 1. The number of methoxy groups -OCH3 is 1. The Kier molecular flexibility index (Phi) is 5.26. The van der Waals surface area contributed by atoms with Crippen LogP contribution in [0.4, 0.5) is 5.13 Å². The first kappa shape index (κ1) is 14.4.